The third-order valence-electron chi connectivity index (χ3n) is 2.87. The van der Waals surface area contributed by atoms with E-state index in [9.17, 15) is 0 Å². The van der Waals surface area contributed by atoms with E-state index in [2.05, 4.69) is 41.6 Å². The standard InChI is InChI=1S/C14H17ClN2/c1-3-4-14-16-7-8-17(14)13-6-5-12(10-15)9-11(13)2/h5-9H,3-4,10H2,1-2H3. The second-order valence-corrected chi connectivity index (χ2v) is 4.49. The number of benzene rings is 1. The first kappa shape index (κ1) is 12.2. The molecular weight excluding hydrogens is 232 g/mol. The Morgan fingerprint density at radius 2 is 2.18 bits per heavy atom. The Labute approximate surface area is 107 Å². The molecule has 0 saturated carbocycles. The summed E-state index contributed by atoms with van der Waals surface area (Å²) in [5.41, 5.74) is 3.59. The van der Waals surface area contributed by atoms with E-state index in [4.69, 9.17) is 11.6 Å². The third kappa shape index (κ3) is 2.52. The average molecular weight is 249 g/mol. The number of nitrogens with zero attached hydrogens (tertiary/aromatic N) is 2. The summed E-state index contributed by atoms with van der Waals surface area (Å²) in [6.45, 7) is 4.28. The lowest BCUT2D eigenvalue weighted by Gasteiger charge is -2.11. The maximum atomic E-state index is 5.84. The summed E-state index contributed by atoms with van der Waals surface area (Å²) in [5.74, 6) is 1.68. The smallest absolute Gasteiger partial charge is 0.113 e. The second-order valence-electron chi connectivity index (χ2n) is 4.22. The second kappa shape index (κ2) is 5.37. The summed E-state index contributed by atoms with van der Waals surface area (Å²) >= 11 is 5.84. The molecule has 17 heavy (non-hydrogen) atoms. The van der Waals surface area contributed by atoms with Gasteiger partial charge in [0, 0.05) is 30.4 Å². The highest BCUT2D eigenvalue weighted by Gasteiger charge is 2.06. The van der Waals surface area contributed by atoms with Crippen molar-refractivity contribution in [1.82, 2.24) is 9.55 Å². The molecule has 2 aromatic rings. The quantitative estimate of drug-likeness (QED) is 0.751. The van der Waals surface area contributed by atoms with E-state index in [1.165, 1.54) is 11.3 Å². The molecule has 1 aromatic carbocycles. The molecule has 0 bridgehead atoms. The van der Waals surface area contributed by atoms with Crippen molar-refractivity contribution in [3.63, 3.8) is 0 Å². The Kier molecular flexibility index (Phi) is 3.85. The van der Waals surface area contributed by atoms with Crippen molar-refractivity contribution in [2.24, 2.45) is 0 Å². The van der Waals surface area contributed by atoms with Gasteiger partial charge < -0.3 is 4.57 Å². The molecule has 0 N–H and O–H groups in total. The lowest BCUT2D eigenvalue weighted by molar-refractivity contribution is 0.807. The maximum absolute atomic E-state index is 5.84. The lowest BCUT2D eigenvalue weighted by atomic mass is 10.1. The fourth-order valence-electron chi connectivity index (χ4n) is 2.03. The Hall–Kier alpha value is -1.28. The van der Waals surface area contributed by atoms with Crippen molar-refractivity contribution >= 4 is 11.6 Å². The van der Waals surface area contributed by atoms with Crippen LogP contribution in [0, 0.1) is 6.92 Å². The molecule has 0 aliphatic rings. The predicted molar refractivity (Wildman–Crippen MR) is 71.9 cm³/mol. The SMILES string of the molecule is CCCc1nccn1-c1ccc(CCl)cc1C. The van der Waals surface area contributed by atoms with E-state index in [-0.39, 0.29) is 0 Å². The van der Waals surface area contributed by atoms with Gasteiger partial charge in [-0.3, -0.25) is 0 Å². The van der Waals surface area contributed by atoms with Crippen LogP contribution in [-0.2, 0) is 12.3 Å². The Morgan fingerprint density at radius 1 is 1.35 bits per heavy atom. The zero-order valence-electron chi connectivity index (χ0n) is 10.3. The topological polar surface area (TPSA) is 17.8 Å². The summed E-state index contributed by atoms with van der Waals surface area (Å²) in [6, 6.07) is 6.33. The molecule has 0 amide bonds. The zero-order chi connectivity index (χ0) is 12.3. The van der Waals surface area contributed by atoms with Crippen LogP contribution >= 0.6 is 11.6 Å². The van der Waals surface area contributed by atoms with Crippen molar-refractivity contribution in [3.8, 4) is 5.69 Å². The van der Waals surface area contributed by atoms with Crippen LogP contribution < -0.4 is 0 Å². The van der Waals surface area contributed by atoms with Crippen LogP contribution in [0.3, 0.4) is 0 Å². The summed E-state index contributed by atoms with van der Waals surface area (Å²) in [7, 11) is 0. The van der Waals surface area contributed by atoms with E-state index < -0.39 is 0 Å². The number of alkyl halides is 1. The van der Waals surface area contributed by atoms with E-state index in [1.54, 1.807) is 0 Å². The minimum Gasteiger partial charge on any atom is -0.304 e. The van der Waals surface area contributed by atoms with Gasteiger partial charge in [-0.2, -0.15) is 0 Å². The van der Waals surface area contributed by atoms with Gasteiger partial charge in [-0.25, -0.2) is 4.98 Å². The van der Waals surface area contributed by atoms with E-state index in [1.807, 2.05) is 12.4 Å². The van der Waals surface area contributed by atoms with E-state index in [0.29, 0.717) is 5.88 Å². The maximum Gasteiger partial charge on any atom is 0.113 e. The number of aromatic nitrogens is 2. The van der Waals surface area contributed by atoms with Crippen LogP contribution in [0.2, 0.25) is 0 Å². The van der Waals surface area contributed by atoms with Crippen molar-refractivity contribution in [2.45, 2.75) is 32.6 Å². The molecule has 90 valence electrons. The highest BCUT2D eigenvalue weighted by atomic mass is 35.5. The van der Waals surface area contributed by atoms with Crippen molar-refractivity contribution < 1.29 is 0 Å². The normalized spacial score (nSPS) is 10.8. The van der Waals surface area contributed by atoms with Gasteiger partial charge in [0.2, 0.25) is 0 Å². The van der Waals surface area contributed by atoms with E-state index in [0.717, 1.165) is 24.2 Å². The highest BCUT2D eigenvalue weighted by Crippen LogP contribution is 2.19. The first-order chi connectivity index (χ1) is 8.26. The monoisotopic (exact) mass is 248 g/mol. The fraction of sp³-hybridized carbons (Fsp3) is 0.357. The number of hydrogen-bond acceptors (Lipinski definition) is 1. The van der Waals surface area contributed by atoms with Gasteiger partial charge in [0.05, 0.1) is 0 Å². The number of halogens is 1. The van der Waals surface area contributed by atoms with Crippen LogP contribution in [0.5, 0.6) is 0 Å². The number of hydrogen-bond donors (Lipinski definition) is 0. The highest BCUT2D eigenvalue weighted by molar-refractivity contribution is 6.17. The van der Waals surface area contributed by atoms with Crippen LogP contribution in [0.4, 0.5) is 0 Å². The van der Waals surface area contributed by atoms with Crippen molar-refractivity contribution in [2.75, 3.05) is 0 Å². The molecule has 3 heteroatoms. The largest absolute Gasteiger partial charge is 0.304 e. The zero-order valence-corrected chi connectivity index (χ0v) is 11.0. The first-order valence-corrected chi connectivity index (χ1v) is 6.47. The van der Waals surface area contributed by atoms with Crippen LogP contribution in [0.15, 0.2) is 30.6 Å². The lowest BCUT2D eigenvalue weighted by Crippen LogP contribution is -2.02. The minimum atomic E-state index is 0.562. The molecule has 0 saturated heterocycles. The van der Waals surface area contributed by atoms with Crippen LogP contribution in [0.25, 0.3) is 5.69 Å². The molecule has 0 aliphatic heterocycles. The fourth-order valence-corrected chi connectivity index (χ4v) is 2.20. The molecule has 0 aliphatic carbocycles. The first-order valence-electron chi connectivity index (χ1n) is 5.94. The van der Waals surface area contributed by atoms with Gasteiger partial charge in [-0.1, -0.05) is 19.1 Å². The molecule has 0 spiro atoms. The molecule has 0 radical (unpaired) electrons. The van der Waals surface area contributed by atoms with Crippen molar-refractivity contribution in [1.29, 1.82) is 0 Å². The number of aryl methyl sites for hydroxylation is 2. The third-order valence-corrected chi connectivity index (χ3v) is 3.17. The van der Waals surface area contributed by atoms with Gasteiger partial charge in [0.1, 0.15) is 5.82 Å². The van der Waals surface area contributed by atoms with Gasteiger partial charge >= 0.3 is 0 Å². The molecule has 2 rings (SSSR count). The van der Waals surface area contributed by atoms with Crippen molar-refractivity contribution in [3.05, 3.63) is 47.5 Å². The Bertz CT molecular complexity index is 503. The summed E-state index contributed by atoms with van der Waals surface area (Å²) < 4.78 is 2.16. The molecule has 0 atom stereocenters. The van der Waals surface area contributed by atoms with Gasteiger partial charge in [-0.15, -0.1) is 11.6 Å². The molecule has 0 fully saturated rings. The summed E-state index contributed by atoms with van der Waals surface area (Å²) in [6.07, 6.45) is 5.99. The molecule has 1 aromatic heterocycles. The number of imidazole rings is 1. The molecule has 1 heterocycles. The predicted octanol–water partition coefficient (Wildman–Crippen LogP) is 3.87. The van der Waals surface area contributed by atoms with Crippen LogP contribution in [0.1, 0.15) is 30.3 Å². The Morgan fingerprint density at radius 3 is 2.82 bits per heavy atom. The van der Waals surface area contributed by atoms with Crippen LogP contribution in [-0.4, -0.2) is 9.55 Å². The molecule has 0 unspecified atom stereocenters. The molecule has 2 nitrogen and oxygen atoms in total. The average Bonchev–Trinajstić information content (AvgIpc) is 2.77. The van der Waals surface area contributed by atoms with E-state index >= 15 is 0 Å². The van der Waals surface area contributed by atoms with Gasteiger partial charge in [-0.05, 0) is 30.5 Å². The number of rotatable bonds is 4. The van der Waals surface area contributed by atoms with Gasteiger partial charge in [0.15, 0.2) is 0 Å². The summed E-state index contributed by atoms with van der Waals surface area (Å²) in [4.78, 5) is 4.40. The summed E-state index contributed by atoms with van der Waals surface area (Å²) in [5, 5.41) is 0. The van der Waals surface area contributed by atoms with Gasteiger partial charge in [0.25, 0.3) is 0 Å². The minimum absolute atomic E-state index is 0.562. The Balaban J connectivity index is 2.42. The molecular formula is C14H17ClN2.